The van der Waals surface area contributed by atoms with Gasteiger partial charge >= 0.3 is 0 Å². The Bertz CT molecular complexity index is 557. The van der Waals surface area contributed by atoms with E-state index in [0.29, 0.717) is 11.5 Å². The van der Waals surface area contributed by atoms with E-state index < -0.39 is 0 Å². The summed E-state index contributed by atoms with van der Waals surface area (Å²) < 4.78 is 2.10. The summed E-state index contributed by atoms with van der Waals surface area (Å²) in [7, 11) is 0. The number of nitrogens with zero attached hydrogens (tertiary/aromatic N) is 2. The Hall–Kier alpha value is -1.55. The normalized spacial score (nSPS) is 12.2. The lowest BCUT2D eigenvalue weighted by Crippen LogP contribution is -2.20. The molecule has 4 heteroatoms. The van der Waals surface area contributed by atoms with E-state index in [1.165, 1.54) is 0 Å². The summed E-state index contributed by atoms with van der Waals surface area (Å²) >= 11 is 0. The second-order valence-corrected chi connectivity index (χ2v) is 5.54. The Kier molecular flexibility index (Phi) is 3.30. The predicted molar refractivity (Wildman–Crippen MR) is 74.1 cm³/mol. The van der Waals surface area contributed by atoms with Crippen molar-refractivity contribution < 1.29 is 5.11 Å². The number of rotatable bonds is 4. The first-order valence-corrected chi connectivity index (χ1v) is 6.32. The van der Waals surface area contributed by atoms with Crippen LogP contribution in [0.25, 0.3) is 11.0 Å². The van der Waals surface area contributed by atoms with Crippen molar-refractivity contribution in [3.63, 3.8) is 0 Å². The molecule has 0 amide bonds. The zero-order valence-electron chi connectivity index (χ0n) is 11.3. The molecule has 0 saturated heterocycles. The molecule has 3 N–H and O–H groups in total. The van der Waals surface area contributed by atoms with E-state index in [1.54, 1.807) is 0 Å². The average Bonchev–Trinajstić information content (AvgIpc) is 2.66. The minimum Gasteiger partial charge on any atom is -0.399 e. The molecule has 18 heavy (non-hydrogen) atoms. The molecule has 2 aromatic rings. The number of aliphatic hydroxyl groups is 1. The monoisotopic (exact) mass is 247 g/mol. The van der Waals surface area contributed by atoms with E-state index in [9.17, 15) is 5.11 Å². The van der Waals surface area contributed by atoms with Crippen LogP contribution >= 0.6 is 0 Å². The molecule has 0 fully saturated rings. The van der Waals surface area contributed by atoms with Gasteiger partial charge in [0.15, 0.2) is 0 Å². The number of nitrogen functional groups attached to an aromatic ring is 1. The molecule has 0 saturated carbocycles. The van der Waals surface area contributed by atoms with Gasteiger partial charge in [-0.3, -0.25) is 0 Å². The van der Waals surface area contributed by atoms with Crippen molar-refractivity contribution in [2.24, 2.45) is 5.41 Å². The van der Waals surface area contributed by atoms with E-state index in [-0.39, 0.29) is 12.0 Å². The molecule has 1 aromatic heterocycles. The minimum absolute atomic E-state index is 0.0472. The van der Waals surface area contributed by atoms with Crippen molar-refractivity contribution >= 4 is 16.7 Å². The largest absolute Gasteiger partial charge is 0.399 e. The van der Waals surface area contributed by atoms with Gasteiger partial charge in [-0.05, 0) is 30.0 Å². The second-order valence-electron chi connectivity index (χ2n) is 5.54. The molecule has 0 bridgehead atoms. The maximum atomic E-state index is 9.44. The lowest BCUT2D eigenvalue weighted by atomic mass is 9.90. The van der Waals surface area contributed by atoms with Crippen molar-refractivity contribution in [2.45, 2.75) is 40.3 Å². The Labute approximate surface area is 107 Å². The molecule has 2 rings (SSSR count). The number of aliphatic hydroxyl groups excluding tert-OH is 1. The molecule has 1 aromatic carbocycles. The van der Waals surface area contributed by atoms with Crippen molar-refractivity contribution in [3.05, 3.63) is 24.0 Å². The van der Waals surface area contributed by atoms with Crippen LogP contribution in [0.4, 0.5) is 5.69 Å². The lowest BCUT2D eigenvalue weighted by molar-refractivity contribution is 0.246. The van der Waals surface area contributed by atoms with Gasteiger partial charge in [-0.2, -0.15) is 0 Å². The van der Waals surface area contributed by atoms with Gasteiger partial charge in [0.05, 0.1) is 11.0 Å². The highest BCUT2D eigenvalue weighted by Crippen LogP contribution is 2.27. The van der Waals surface area contributed by atoms with Crippen LogP contribution in [0.15, 0.2) is 18.2 Å². The van der Waals surface area contributed by atoms with E-state index in [4.69, 9.17) is 5.73 Å². The van der Waals surface area contributed by atoms with Gasteiger partial charge in [-0.25, -0.2) is 4.98 Å². The standard InChI is InChI=1S/C14H21N3O/c1-4-14(2,3)9-17-12-6-5-10(15)7-11(12)16-13(17)8-18/h5-7,18H,4,8-9,15H2,1-3H3. The van der Waals surface area contributed by atoms with Crippen molar-refractivity contribution in [1.82, 2.24) is 9.55 Å². The van der Waals surface area contributed by atoms with Gasteiger partial charge in [-0.15, -0.1) is 0 Å². The Morgan fingerprint density at radius 1 is 1.39 bits per heavy atom. The van der Waals surface area contributed by atoms with Crippen molar-refractivity contribution in [1.29, 1.82) is 0 Å². The smallest absolute Gasteiger partial charge is 0.135 e. The van der Waals surface area contributed by atoms with Gasteiger partial charge in [0.1, 0.15) is 12.4 Å². The lowest BCUT2D eigenvalue weighted by Gasteiger charge is -2.24. The van der Waals surface area contributed by atoms with Gasteiger partial charge in [-0.1, -0.05) is 20.8 Å². The molecular formula is C14H21N3O. The SMILES string of the molecule is CCC(C)(C)Cn1c(CO)nc2cc(N)ccc21. The first kappa shape index (κ1) is 12.9. The predicted octanol–water partition coefficient (Wildman–Crippen LogP) is 2.55. The Balaban J connectivity index is 2.53. The van der Waals surface area contributed by atoms with Crippen LogP contribution in [-0.4, -0.2) is 14.7 Å². The third-order valence-electron chi connectivity index (χ3n) is 3.54. The van der Waals surface area contributed by atoms with Crippen LogP contribution in [0, 0.1) is 5.41 Å². The molecule has 0 aliphatic heterocycles. The average molecular weight is 247 g/mol. The quantitative estimate of drug-likeness (QED) is 0.816. The van der Waals surface area contributed by atoms with Crippen LogP contribution in [0.1, 0.15) is 33.0 Å². The van der Waals surface area contributed by atoms with Gasteiger partial charge in [0, 0.05) is 12.2 Å². The van der Waals surface area contributed by atoms with Crippen LogP contribution in [-0.2, 0) is 13.2 Å². The van der Waals surface area contributed by atoms with Gasteiger partial charge in [0.25, 0.3) is 0 Å². The van der Waals surface area contributed by atoms with Crippen molar-refractivity contribution in [2.75, 3.05) is 5.73 Å². The molecule has 0 aliphatic rings. The fourth-order valence-corrected chi connectivity index (χ4v) is 2.03. The number of imidazole rings is 1. The first-order chi connectivity index (χ1) is 8.46. The third kappa shape index (κ3) is 2.34. The maximum absolute atomic E-state index is 9.44. The zero-order valence-corrected chi connectivity index (χ0v) is 11.3. The highest BCUT2D eigenvalue weighted by Gasteiger charge is 2.20. The fourth-order valence-electron chi connectivity index (χ4n) is 2.03. The second kappa shape index (κ2) is 4.61. The molecule has 98 valence electrons. The summed E-state index contributed by atoms with van der Waals surface area (Å²) in [6, 6.07) is 5.70. The summed E-state index contributed by atoms with van der Waals surface area (Å²) in [4.78, 5) is 4.44. The molecule has 0 atom stereocenters. The van der Waals surface area contributed by atoms with Crippen LogP contribution in [0.3, 0.4) is 0 Å². The minimum atomic E-state index is -0.0472. The third-order valence-corrected chi connectivity index (χ3v) is 3.54. The summed E-state index contributed by atoms with van der Waals surface area (Å²) in [6.45, 7) is 7.42. The number of hydrogen-bond acceptors (Lipinski definition) is 3. The summed E-state index contributed by atoms with van der Waals surface area (Å²) in [6.07, 6.45) is 1.08. The van der Waals surface area contributed by atoms with Gasteiger partial charge in [0.2, 0.25) is 0 Å². The first-order valence-electron chi connectivity index (χ1n) is 6.32. The van der Waals surface area contributed by atoms with Gasteiger partial charge < -0.3 is 15.4 Å². The number of anilines is 1. The molecule has 1 heterocycles. The van der Waals surface area contributed by atoms with Crippen LogP contribution in [0.5, 0.6) is 0 Å². The molecular weight excluding hydrogens is 226 g/mol. The highest BCUT2D eigenvalue weighted by atomic mass is 16.3. The Morgan fingerprint density at radius 3 is 2.72 bits per heavy atom. The Morgan fingerprint density at radius 2 is 2.11 bits per heavy atom. The van der Waals surface area contributed by atoms with E-state index >= 15 is 0 Å². The number of nitrogens with two attached hydrogens (primary N) is 1. The van der Waals surface area contributed by atoms with Crippen molar-refractivity contribution in [3.8, 4) is 0 Å². The fraction of sp³-hybridized carbons (Fsp3) is 0.500. The van der Waals surface area contributed by atoms with E-state index in [1.807, 2.05) is 18.2 Å². The summed E-state index contributed by atoms with van der Waals surface area (Å²) in [5.41, 5.74) is 8.54. The molecule has 4 nitrogen and oxygen atoms in total. The molecule has 0 aliphatic carbocycles. The van der Waals surface area contributed by atoms with Crippen LogP contribution in [0.2, 0.25) is 0 Å². The van der Waals surface area contributed by atoms with E-state index in [0.717, 1.165) is 24.0 Å². The molecule has 0 spiro atoms. The van der Waals surface area contributed by atoms with E-state index in [2.05, 4.69) is 30.3 Å². The number of aromatic nitrogens is 2. The summed E-state index contributed by atoms with van der Waals surface area (Å²) in [5, 5.41) is 9.44. The summed E-state index contributed by atoms with van der Waals surface area (Å²) in [5.74, 6) is 0.706. The molecule has 0 unspecified atom stereocenters. The maximum Gasteiger partial charge on any atom is 0.135 e. The van der Waals surface area contributed by atoms with Crippen LogP contribution < -0.4 is 5.73 Å². The molecule has 0 radical (unpaired) electrons. The number of hydrogen-bond donors (Lipinski definition) is 2. The zero-order chi connectivity index (χ0) is 13.3. The number of fused-ring (bicyclic) bond motifs is 1. The topological polar surface area (TPSA) is 64.1 Å². The highest BCUT2D eigenvalue weighted by molar-refractivity contribution is 5.79. The number of benzene rings is 1.